The van der Waals surface area contributed by atoms with E-state index < -0.39 is 5.97 Å². The average molecular weight is 406 g/mol. The molecule has 0 saturated heterocycles. The highest BCUT2D eigenvalue weighted by Crippen LogP contribution is 2.33. The minimum absolute atomic E-state index is 0.0807. The van der Waals surface area contributed by atoms with Gasteiger partial charge in [-0.05, 0) is 63.5 Å². The molecule has 8 heteroatoms. The second-order valence-electron chi connectivity index (χ2n) is 7.61. The van der Waals surface area contributed by atoms with E-state index in [0.717, 1.165) is 25.7 Å². The van der Waals surface area contributed by atoms with Crippen LogP contribution in [-0.4, -0.2) is 47.2 Å². The van der Waals surface area contributed by atoms with Crippen LogP contribution in [0.2, 0.25) is 0 Å². The molecular formula is C20H27N3O4S. The van der Waals surface area contributed by atoms with Gasteiger partial charge >= 0.3 is 5.97 Å². The van der Waals surface area contributed by atoms with E-state index >= 15 is 0 Å². The van der Waals surface area contributed by atoms with Crippen LogP contribution in [0.4, 0.5) is 0 Å². The van der Waals surface area contributed by atoms with Crippen molar-refractivity contribution in [3.63, 3.8) is 0 Å². The molecule has 1 aromatic rings. The number of carbonyl (C=O) groups excluding carboxylic acids is 3. The van der Waals surface area contributed by atoms with Gasteiger partial charge in [-0.3, -0.25) is 9.59 Å². The van der Waals surface area contributed by atoms with Crippen molar-refractivity contribution in [1.29, 1.82) is 0 Å². The van der Waals surface area contributed by atoms with E-state index in [0.29, 0.717) is 16.9 Å². The van der Waals surface area contributed by atoms with Crippen molar-refractivity contribution >= 4 is 29.5 Å². The number of hydrogen-bond donors (Lipinski definition) is 2. The smallest absolute Gasteiger partial charge is 0.341 e. The summed E-state index contributed by atoms with van der Waals surface area (Å²) in [6, 6.07) is 3.50. The molecule has 2 fully saturated rings. The number of thioether (sulfide) groups is 1. The zero-order chi connectivity index (χ0) is 20.1. The van der Waals surface area contributed by atoms with Gasteiger partial charge < -0.3 is 15.4 Å². The Morgan fingerprint density at radius 3 is 2.32 bits per heavy atom. The Morgan fingerprint density at radius 2 is 1.71 bits per heavy atom. The predicted octanol–water partition coefficient (Wildman–Crippen LogP) is 2.16. The molecule has 0 bridgehead atoms. The summed E-state index contributed by atoms with van der Waals surface area (Å²) in [5.74, 6) is 0.296. The number of carbonyl (C=O) groups is 3. The van der Waals surface area contributed by atoms with Crippen LogP contribution >= 0.6 is 11.8 Å². The summed E-state index contributed by atoms with van der Waals surface area (Å²) < 4.78 is 5.14. The first kappa shape index (κ1) is 20.6. The van der Waals surface area contributed by atoms with Crippen LogP contribution in [0.5, 0.6) is 0 Å². The number of aromatic nitrogens is 1. The second kappa shape index (κ2) is 9.41. The van der Waals surface area contributed by atoms with Crippen LogP contribution < -0.4 is 10.6 Å². The summed E-state index contributed by atoms with van der Waals surface area (Å²) in [6.45, 7) is 3.65. The van der Waals surface area contributed by atoms with E-state index in [9.17, 15) is 14.4 Å². The zero-order valence-corrected chi connectivity index (χ0v) is 17.1. The molecule has 2 aliphatic carbocycles. The van der Waals surface area contributed by atoms with Crippen LogP contribution in [-0.2, 0) is 14.3 Å². The Hall–Kier alpha value is -2.09. The monoisotopic (exact) mass is 405 g/mol. The third kappa shape index (κ3) is 6.22. The molecule has 0 unspecified atom stereocenters. The fraction of sp³-hybridized carbons (Fsp3) is 0.600. The Labute approximate surface area is 169 Å². The Kier molecular flexibility index (Phi) is 6.93. The van der Waals surface area contributed by atoms with Gasteiger partial charge in [0, 0.05) is 18.3 Å². The Morgan fingerprint density at radius 1 is 1.11 bits per heavy atom. The summed E-state index contributed by atoms with van der Waals surface area (Å²) in [5.41, 5.74) is 0.263. The number of esters is 1. The van der Waals surface area contributed by atoms with Gasteiger partial charge in [0.05, 0.1) is 11.3 Å². The van der Waals surface area contributed by atoms with Crippen LogP contribution in [0.1, 0.15) is 49.9 Å². The summed E-state index contributed by atoms with van der Waals surface area (Å²) >= 11 is 1.19. The molecule has 0 radical (unpaired) electrons. The van der Waals surface area contributed by atoms with Crippen LogP contribution in [0, 0.1) is 11.8 Å². The van der Waals surface area contributed by atoms with E-state index in [2.05, 4.69) is 15.6 Å². The van der Waals surface area contributed by atoms with Crippen LogP contribution in [0.3, 0.4) is 0 Å². The van der Waals surface area contributed by atoms with Gasteiger partial charge in [-0.15, -0.1) is 0 Å². The summed E-state index contributed by atoms with van der Waals surface area (Å²) in [6.07, 6.45) is 6.15. The van der Waals surface area contributed by atoms with Gasteiger partial charge in [0.2, 0.25) is 5.91 Å². The van der Waals surface area contributed by atoms with Gasteiger partial charge in [-0.2, -0.15) is 0 Å². The van der Waals surface area contributed by atoms with E-state index in [1.165, 1.54) is 11.8 Å². The third-order valence-corrected chi connectivity index (χ3v) is 6.11. The topological polar surface area (TPSA) is 97.4 Å². The number of amides is 2. The van der Waals surface area contributed by atoms with Crippen LogP contribution in [0.25, 0.3) is 0 Å². The predicted molar refractivity (Wildman–Crippen MR) is 106 cm³/mol. The lowest BCUT2D eigenvalue weighted by molar-refractivity contribution is -0.125. The van der Waals surface area contributed by atoms with Gasteiger partial charge in [0.15, 0.2) is 6.61 Å². The molecule has 2 amide bonds. The molecule has 0 spiro atoms. The molecule has 28 heavy (non-hydrogen) atoms. The van der Waals surface area contributed by atoms with Gasteiger partial charge in [0.25, 0.3) is 5.91 Å². The minimum atomic E-state index is -0.614. The number of ether oxygens (including phenoxy) is 1. The van der Waals surface area contributed by atoms with E-state index in [1.54, 1.807) is 18.3 Å². The fourth-order valence-corrected chi connectivity index (χ4v) is 3.82. The highest BCUT2D eigenvalue weighted by Gasteiger charge is 2.30. The highest BCUT2D eigenvalue weighted by molar-refractivity contribution is 8.00. The fourth-order valence-electron chi connectivity index (χ4n) is 3.02. The molecule has 152 valence electrons. The molecular weight excluding hydrogens is 378 g/mol. The number of pyridine rings is 1. The second-order valence-corrected chi connectivity index (χ2v) is 8.57. The molecule has 3 rings (SSSR count). The lowest BCUT2D eigenvalue weighted by atomic mass is 10.2. The first-order valence-electron chi connectivity index (χ1n) is 9.77. The number of hydrogen-bond acceptors (Lipinski definition) is 6. The third-order valence-electron chi connectivity index (χ3n) is 5.10. The first-order chi connectivity index (χ1) is 13.4. The number of rotatable bonds is 10. The van der Waals surface area contributed by atoms with Gasteiger partial charge in [0.1, 0.15) is 5.03 Å². The van der Waals surface area contributed by atoms with Crippen molar-refractivity contribution in [2.24, 2.45) is 11.8 Å². The molecule has 0 aliphatic heterocycles. The SMILES string of the molecule is C[C@H](NC(=O)COC(=O)c1cccnc1SCC(=O)N[C@@H](C)C1CC1)C1CC1. The molecule has 2 saturated carbocycles. The van der Waals surface area contributed by atoms with Crippen molar-refractivity contribution in [3.05, 3.63) is 23.9 Å². The van der Waals surface area contributed by atoms with Crippen molar-refractivity contribution in [3.8, 4) is 0 Å². The Bertz CT molecular complexity index is 734. The van der Waals surface area contributed by atoms with E-state index in [-0.39, 0.29) is 41.8 Å². The lowest BCUT2D eigenvalue weighted by Gasteiger charge is -2.14. The Balaban J connectivity index is 1.47. The van der Waals surface area contributed by atoms with Gasteiger partial charge in [-0.25, -0.2) is 9.78 Å². The van der Waals surface area contributed by atoms with E-state index in [4.69, 9.17) is 4.74 Å². The van der Waals surface area contributed by atoms with Gasteiger partial charge in [-0.1, -0.05) is 11.8 Å². The normalized spacial score (nSPS) is 18.1. The molecule has 1 aromatic heterocycles. The lowest BCUT2D eigenvalue weighted by Crippen LogP contribution is -2.37. The molecule has 1 heterocycles. The van der Waals surface area contributed by atoms with Crippen molar-refractivity contribution < 1.29 is 19.1 Å². The maximum Gasteiger partial charge on any atom is 0.341 e. The highest BCUT2D eigenvalue weighted by atomic mass is 32.2. The molecule has 0 aromatic carbocycles. The van der Waals surface area contributed by atoms with Crippen molar-refractivity contribution in [2.75, 3.05) is 12.4 Å². The number of nitrogens with zero attached hydrogens (tertiary/aromatic N) is 1. The standard InChI is InChI=1S/C20H27N3O4S/c1-12(14-5-6-14)22-17(24)10-27-20(26)16-4-3-9-21-19(16)28-11-18(25)23-13(2)15-7-8-15/h3-4,9,12-15H,5-8,10-11H2,1-2H3,(H,22,24)(H,23,25)/t12-,13-/m0/s1. The molecule has 7 nitrogen and oxygen atoms in total. The van der Waals surface area contributed by atoms with Crippen LogP contribution in [0.15, 0.2) is 23.4 Å². The van der Waals surface area contributed by atoms with Crippen molar-refractivity contribution in [2.45, 2.75) is 56.6 Å². The summed E-state index contributed by atoms with van der Waals surface area (Å²) in [5, 5.41) is 6.25. The molecule has 2 atom stereocenters. The van der Waals surface area contributed by atoms with Crippen molar-refractivity contribution in [1.82, 2.24) is 15.6 Å². The average Bonchev–Trinajstić information content (AvgIpc) is 3.57. The molecule has 2 aliphatic rings. The maximum atomic E-state index is 12.4. The number of nitrogens with one attached hydrogen (secondary N) is 2. The molecule has 2 N–H and O–H groups in total. The van der Waals surface area contributed by atoms with E-state index in [1.807, 2.05) is 13.8 Å². The zero-order valence-electron chi connectivity index (χ0n) is 16.3. The maximum absolute atomic E-state index is 12.4. The minimum Gasteiger partial charge on any atom is -0.452 e. The quantitative estimate of drug-likeness (QED) is 0.457. The summed E-state index contributed by atoms with van der Waals surface area (Å²) in [4.78, 5) is 40.6. The largest absolute Gasteiger partial charge is 0.452 e. The first-order valence-corrected chi connectivity index (χ1v) is 10.8. The summed E-state index contributed by atoms with van der Waals surface area (Å²) in [7, 11) is 0.